The summed E-state index contributed by atoms with van der Waals surface area (Å²) in [6.45, 7) is 10.3. The SMILES string of the molecule is C=N/C=C(\C=C/C)C(/N)=C/N(N)c1cc(C(=O)Nc2ccc(CN3CCN(C)CC3)c(C(F)(F)F)c2)ccc1C. The summed E-state index contributed by atoms with van der Waals surface area (Å²) in [6.07, 6.45) is 1.94. The molecule has 214 valence electrons. The minimum absolute atomic E-state index is 0.0494. The lowest BCUT2D eigenvalue weighted by molar-refractivity contribution is -0.138. The molecule has 2 aromatic rings. The van der Waals surface area contributed by atoms with Crippen molar-refractivity contribution in [3.05, 3.63) is 94.5 Å². The lowest BCUT2D eigenvalue weighted by Gasteiger charge is -2.33. The van der Waals surface area contributed by atoms with Crippen LogP contribution in [0.3, 0.4) is 0 Å². The van der Waals surface area contributed by atoms with Gasteiger partial charge in [0, 0.05) is 61.9 Å². The molecule has 1 aliphatic rings. The predicted molar refractivity (Wildman–Crippen MR) is 155 cm³/mol. The molecule has 0 bridgehead atoms. The first-order chi connectivity index (χ1) is 18.9. The van der Waals surface area contributed by atoms with Crippen molar-refractivity contribution in [1.29, 1.82) is 0 Å². The number of nitrogens with one attached hydrogen (secondary N) is 1. The third-order valence-corrected chi connectivity index (χ3v) is 6.60. The van der Waals surface area contributed by atoms with Crippen LogP contribution in [0, 0.1) is 6.92 Å². The van der Waals surface area contributed by atoms with Crippen LogP contribution in [0.15, 0.2) is 77.2 Å². The van der Waals surface area contributed by atoms with E-state index in [-0.39, 0.29) is 23.4 Å². The van der Waals surface area contributed by atoms with Gasteiger partial charge in [0.2, 0.25) is 0 Å². The molecule has 3 rings (SSSR count). The Morgan fingerprint density at radius 1 is 1.18 bits per heavy atom. The number of aliphatic imine (C=N–C) groups is 1. The molecule has 0 aromatic heterocycles. The zero-order chi connectivity index (χ0) is 29.4. The number of carbonyl (C=O) groups is 1. The average Bonchev–Trinajstić information content (AvgIpc) is 2.90. The van der Waals surface area contributed by atoms with Crippen molar-refractivity contribution >= 4 is 24.0 Å². The lowest BCUT2D eigenvalue weighted by Crippen LogP contribution is -2.44. The Morgan fingerprint density at radius 2 is 1.88 bits per heavy atom. The maximum atomic E-state index is 14.0. The zero-order valence-corrected chi connectivity index (χ0v) is 23.0. The molecule has 1 heterocycles. The molecule has 0 aliphatic carbocycles. The molecule has 0 saturated carbocycles. The summed E-state index contributed by atoms with van der Waals surface area (Å²) >= 11 is 0. The summed E-state index contributed by atoms with van der Waals surface area (Å²) in [6, 6.07) is 8.73. The maximum absolute atomic E-state index is 14.0. The minimum atomic E-state index is -4.56. The number of rotatable bonds is 9. The minimum Gasteiger partial charge on any atom is -0.397 e. The van der Waals surface area contributed by atoms with E-state index in [1.165, 1.54) is 29.5 Å². The van der Waals surface area contributed by atoms with Crippen molar-refractivity contribution in [2.24, 2.45) is 16.6 Å². The van der Waals surface area contributed by atoms with Crippen LogP contribution in [0.1, 0.15) is 34.0 Å². The van der Waals surface area contributed by atoms with Crippen LogP contribution in [0.5, 0.6) is 0 Å². The molecule has 0 radical (unpaired) electrons. The summed E-state index contributed by atoms with van der Waals surface area (Å²) in [5, 5.41) is 3.86. The average molecular weight is 556 g/mol. The number of likely N-dealkylation sites (N-methyl/N-ethyl adjacent to an activating group) is 1. The van der Waals surface area contributed by atoms with E-state index in [0.29, 0.717) is 30.0 Å². The number of hydrogen-bond acceptors (Lipinski definition) is 7. The fourth-order valence-corrected chi connectivity index (χ4v) is 4.32. The van der Waals surface area contributed by atoms with Crippen molar-refractivity contribution in [2.75, 3.05) is 43.6 Å². The van der Waals surface area contributed by atoms with Crippen LogP contribution in [-0.2, 0) is 12.7 Å². The van der Waals surface area contributed by atoms with Gasteiger partial charge in [-0.2, -0.15) is 13.2 Å². The predicted octanol–water partition coefficient (Wildman–Crippen LogP) is 4.65. The number of amides is 1. The Balaban J connectivity index is 1.82. The second-order valence-electron chi connectivity index (χ2n) is 9.66. The van der Waals surface area contributed by atoms with Gasteiger partial charge < -0.3 is 16.0 Å². The summed E-state index contributed by atoms with van der Waals surface area (Å²) < 4.78 is 41.9. The molecule has 1 aliphatic heterocycles. The van der Waals surface area contributed by atoms with Gasteiger partial charge in [-0.05, 0) is 63.0 Å². The number of aryl methyl sites for hydroxylation is 1. The van der Waals surface area contributed by atoms with Crippen LogP contribution in [0.2, 0.25) is 0 Å². The van der Waals surface area contributed by atoms with Gasteiger partial charge in [0.05, 0.1) is 16.9 Å². The molecule has 2 aromatic carbocycles. The molecular formula is C29H36F3N7O. The van der Waals surface area contributed by atoms with E-state index in [0.717, 1.165) is 24.7 Å². The van der Waals surface area contributed by atoms with Gasteiger partial charge in [0.15, 0.2) is 0 Å². The van der Waals surface area contributed by atoms with E-state index < -0.39 is 17.6 Å². The van der Waals surface area contributed by atoms with Crippen LogP contribution in [0.4, 0.5) is 24.5 Å². The standard InChI is InChI=1S/C29H36F3N7O/c1-5-6-22(17-35-3)26(33)19-39(34)27-15-21(8-7-20(27)2)28(40)36-24-10-9-23(25(16-24)29(30,31)32)18-38-13-11-37(4)12-14-38/h5-10,15-17,19H,3,11-14,18,33-34H2,1-2,4H3,(H,36,40)/b6-5-,22-17+,26-19-. The molecule has 1 amide bonds. The highest BCUT2D eigenvalue weighted by atomic mass is 19.4. The van der Waals surface area contributed by atoms with Gasteiger partial charge in [0.25, 0.3) is 5.91 Å². The highest BCUT2D eigenvalue weighted by Crippen LogP contribution is 2.35. The second kappa shape index (κ2) is 13.4. The van der Waals surface area contributed by atoms with Gasteiger partial charge in [-0.25, -0.2) is 5.84 Å². The van der Waals surface area contributed by atoms with Gasteiger partial charge in [0.1, 0.15) is 0 Å². The third kappa shape index (κ3) is 8.04. The van der Waals surface area contributed by atoms with Crippen molar-refractivity contribution in [1.82, 2.24) is 9.80 Å². The van der Waals surface area contributed by atoms with Crippen LogP contribution in [-0.4, -0.2) is 55.7 Å². The number of halogens is 3. The fraction of sp³-hybridized carbons (Fsp3) is 0.310. The first-order valence-corrected chi connectivity index (χ1v) is 12.8. The third-order valence-electron chi connectivity index (χ3n) is 6.60. The smallest absolute Gasteiger partial charge is 0.397 e. The highest BCUT2D eigenvalue weighted by molar-refractivity contribution is 6.05. The van der Waals surface area contributed by atoms with Crippen molar-refractivity contribution < 1.29 is 18.0 Å². The Bertz CT molecular complexity index is 1310. The zero-order valence-electron chi connectivity index (χ0n) is 23.0. The first kappa shape index (κ1) is 30.6. The van der Waals surface area contributed by atoms with Crippen LogP contribution < -0.4 is 21.9 Å². The highest BCUT2D eigenvalue weighted by Gasteiger charge is 2.34. The van der Waals surface area contributed by atoms with Crippen LogP contribution in [0.25, 0.3) is 0 Å². The molecule has 0 unspecified atom stereocenters. The van der Waals surface area contributed by atoms with E-state index >= 15 is 0 Å². The number of piperazine rings is 1. The molecule has 8 nitrogen and oxygen atoms in total. The Kier molecular flexibility index (Phi) is 10.3. The van der Waals surface area contributed by atoms with E-state index in [9.17, 15) is 18.0 Å². The number of allylic oxidation sites excluding steroid dienone is 2. The molecule has 40 heavy (non-hydrogen) atoms. The summed E-state index contributed by atoms with van der Waals surface area (Å²) in [4.78, 5) is 20.9. The maximum Gasteiger partial charge on any atom is 0.416 e. The van der Waals surface area contributed by atoms with Gasteiger partial charge in [-0.3, -0.25) is 19.7 Å². The van der Waals surface area contributed by atoms with Gasteiger partial charge >= 0.3 is 6.18 Å². The number of anilines is 2. The number of benzene rings is 2. The fourth-order valence-electron chi connectivity index (χ4n) is 4.32. The van der Waals surface area contributed by atoms with Crippen LogP contribution >= 0.6 is 0 Å². The second-order valence-corrected chi connectivity index (χ2v) is 9.66. The Morgan fingerprint density at radius 3 is 2.50 bits per heavy atom. The number of nitrogens with two attached hydrogens (primary N) is 2. The lowest BCUT2D eigenvalue weighted by atomic mass is 10.0. The molecular weight excluding hydrogens is 519 g/mol. The molecule has 5 N–H and O–H groups in total. The Labute approximate surface area is 233 Å². The van der Waals surface area contributed by atoms with Gasteiger partial charge in [-0.15, -0.1) is 0 Å². The quantitative estimate of drug-likeness (QED) is 0.180. The topological polar surface area (TPSA) is 103 Å². The van der Waals surface area contributed by atoms with E-state index in [4.69, 9.17) is 11.6 Å². The van der Waals surface area contributed by atoms with E-state index in [1.807, 2.05) is 25.8 Å². The molecule has 11 heteroatoms. The number of alkyl halides is 3. The largest absolute Gasteiger partial charge is 0.416 e. The normalized spacial score (nSPS) is 15.9. The van der Waals surface area contributed by atoms with Crippen molar-refractivity contribution in [3.8, 4) is 0 Å². The van der Waals surface area contributed by atoms with E-state index in [1.54, 1.807) is 30.4 Å². The summed E-state index contributed by atoms with van der Waals surface area (Å²) in [5.74, 6) is 5.66. The number of nitrogens with zero attached hydrogens (tertiary/aromatic N) is 4. The van der Waals surface area contributed by atoms with E-state index in [2.05, 4.69) is 21.9 Å². The number of hydrazine groups is 1. The monoisotopic (exact) mass is 555 g/mol. The Hall–Kier alpha value is -3.93. The molecule has 1 fully saturated rings. The molecule has 1 saturated heterocycles. The summed E-state index contributed by atoms with van der Waals surface area (Å²) in [5.41, 5.74) is 8.00. The van der Waals surface area contributed by atoms with Crippen molar-refractivity contribution in [3.63, 3.8) is 0 Å². The van der Waals surface area contributed by atoms with Gasteiger partial charge in [-0.1, -0.05) is 24.3 Å². The number of hydrogen-bond donors (Lipinski definition) is 3. The molecule has 0 spiro atoms. The summed E-state index contributed by atoms with van der Waals surface area (Å²) in [7, 11) is 1.99. The first-order valence-electron chi connectivity index (χ1n) is 12.8. The van der Waals surface area contributed by atoms with Crippen molar-refractivity contribution in [2.45, 2.75) is 26.6 Å². The molecule has 0 atom stereocenters. The number of carbonyl (C=O) groups excluding carboxylic acids is 1.